The average Bonchev–Trinajstić information content (AvgIpc) is 3.16. The Morgan fingerprint density at radius 2 is 1.40 bits per heavy atom. The monoisotopic (exact) mass is 318 g/mol. The van der Waals surface area contributed by atoms with Gasteiger partial charge in [-0.25, -0.2) is 0 Å². The van der Waals surface area contributed by atoms with Gasteiger partial charge in [0.25, 0.3) is 0 Å². The molecule has 0 saturated carbocycles. The molecule has 0 aromatic heterocycles. The Hall–Kier alpha value is -2.86. The Balaban J connectivity index is 1.64. The lowest BCUT2D eigenvalue weighted by Crippen LogP contribution is -1.86. The highest BCUT2D eigenvalue weighted by atomic mass is 14.3. The predicted molar refractivity (Wildman–Crippen MR) is 105 cm³/mol. The molecule has 4 aromatic carbocycles. The first-order valence-corrected chi connectivity index (χ1v) is 9.04. The molecule has 0 radical (unpaired) electrons. The van der Waals surface area contributed by atoms with Crippen LogP contribution in [0.4, 0.5) is 0 Å². The third-order valence-electron chi connectivity index (χ3n) is 5.93. The second-order valence-electron chi connectivity index (χ2n) is 7.50. The molecule has 0 N–H and O–H groups in total. The van der Waals surface area contributed by atoms with Crippen molar-refractivity contribution in [2.24, 2.45) is 0 Å². The van der Waals surface area contributed by atoms with E-state index in [0.717, 1.165) is 12.8 Å². The Bertz CT molecular complexity index is 1190. The summed E-state index contributed by atoms with van der Waals surface area (Å²) in [4.78, 5) is 0. The van der Waals surface area contributed by atoms with Crippen molar-refractivity contribution < 1.29 is 0 Å². The van der Waals surface area contributed by atoms with E-state index in [1.54, 1.807) is 0 Å². The smallest absolute Gasteiger partial charge is 0.00131 e. The van der Waals surface area contributed by atoms with Crippen LogP contribution in [0, 0.1) is 6.92 Å². The van der Waals surface area contributed by atoms with Gasteiger partial charge in [-0.1, -0.05) is 66.2 Å². The van der Waals surface area contributed by atoms with E-state index in [1.165, 1.54) is 60.8 Å². The fourth-order valence-corrected chi connectivity index (χ4v) is 4.80. The van der Waals surface area contributed by atoms with Crippen LogP contribution in [0.15, 0.2) is 66.7 Å². The standard InChI is InChI=1S/C25H18/c1-15-6-9-21-18(10-15)12-19-13-20-11-17-8-7-16-4-2-3-5-22(16)25(17)24(20)14-23(19)21/h2-10,13-14H,11-12H2,1H3. The summed E-state index contributed by atoms with van der Waals surface area (Å²) >= 11 is 0. The molecule has 4 aromatic rings. The van der Waals surface area contributed by atoms with Crippen molar-refractivity contribution in [3.63, 3.8) is 0 Å². The average molecular weight is 318 g/mol. The summed E-state index contributed by atoms with van der Waals surface area (Å²) in [6.45, 7) is 2.19. The number of hydrogen-bond acceptors (Lipinski definition) is 0. The number of benzene rings is 4. The summed E-state index contributed by atoms with van der Waals surface area (Å²) in [5.41, 5.74) is 13.1. The van der Waals surface area contributed by atoms with Crippen molar-refractivity contribution in [2.75, 3.05) is 0 Å². The summed E-state index contributed by atoms with van der Waals surface area (Å²) in [5, 5.41) is 2.73. The zero-order valence-electron chi connectivity index (χ0n) is 14.3. The third-order valence-corrected chi connectivity index (χ3v) is 5.93. The highest BCUT2D eigenvalue weighted by molar-refractivity contribution is 6.02. The van der Waals surface area contributed by atoms with E-state index in [9.17, 15) is 0 Å². The molecule has 0 bridgehead atoms. The Labute approximate surface area is 147 Å². The van der Waals surface area contributed by atoms with Gasteiger partial charge in [-0.15, -0.1) is 0 Å². The predicted octanol–water partition coefficient (Wildman–Crippen LogP) is 6.29. The Morgan fingerprint density at radius 1 is 0.600 bits per heavy atom. The van der Waals surface area contributed by atoms with Crippen LogP contribution in [0.2, 0.25) is 0 Å². The topological polar surface area (TPSA) is 0 Å². The lowest BCUT2D eigenvalue weighted by atomic mass is 9.95. The van der Waals surface area contributed by atoms with Crippen LogP contribution >= 0.6 is 0 Å². The van der Waals surface area contributed by atoms with E-state index < -0.39 is 0 Å². The van der Waals surface area contributed by atoms with Crippen LogP contribution in [-0.4, -0.2) is 0 Å². The van der Waals surface area contributed by atoms with Crippen LogP contribution < -0.4 is 0 Å². The zero-order chi connectivity index (χ0) is 16.5. The first-order chi connectivity index (χ1) is 12.3. The molecule has 2 aliphatic carbocycles. The minimum absolute atomic E-state index is 1.07. The van der Waals surface area contributed by atoms with Crippen molar-refractivity contribution in [3.05, 3.63) is 94.5 Å². The summed E-state index contributed by atoms with van der Waals surface area (Å²) in [6, 6.07) is 25.2. The molecule has 0 atom stereocenters. The van der Waals surface area contributed by atoms with Crippen molar-refractivity contribution in [2.45, 2.75) is 19.8 Å². The Morgan fingerprint density at radius 3 is 2.36 bits per heavy atom. The molecule has 0 heteroatoms. The minimum atomic E-state index is 1.07. The van der Waals surface area contributed by atoms with Crippen molar-refractivity contribution in [3.8, 4) is 22.3 Å². The molecule has 0 nitrogen and oxygen atoms in total. The van der Waals surface area contributed by atoms with Gasteiger partial charge < -0.3 is 0 Å². The van der Waals surface area contributed by atoms with Crippen molar-refractivity contribution in [1.82, 2.24) is 0 Å². The van der Waals surface area contributed by atoms with E-state index in [4.69, 9.17) is 0 Å². The minimum Gasteiger partial charge on any atom is -0.0616 e. The van der Waals surface area contributed by atoms with Gasteiger partial charge in [-0.05, 0) is 81.1 Å². The van der Waals surface area contributed by atoms with E-state index in [-0.39, 0.29) is 0 Å². The van der Waals surface area contributed by atoms with Crippen LogP contribution in [0.3, 0.4) is 0 Å². The molecular weight excluding hydrogens is 300 g/mol. The molecular formula is C25H18. The molecule has 0 unspecified atom stereocenters. The van der Waals surface area contributed by atoms with Gasteiger partial charge in [0, 0.05) is 0 Å². The summed E-state index contributed by atoms with van der Waals surface area (Å²) in [5.74, 6) is 0. The summed E-state index contributed by atoms with van der Waals surface area (Å²) < 4.78 is 0. The van der Waals surface area contributed by atoms with E-state index in [1.807, 2.05) is 0 Å². The lowest BCUT2D eigenvalue weighted by Gasteiger charge is -2.09. The molecule has 2 aliphatic rings. The quantitative estimate of drug-likeness (QED) is 0.309. The van der Waals surface area contributed by atoms with Gasteiger partial charge in [0.15, 0.2) is 0 Å². The fraction of sp³-hybridized carbons (Fsp3) is 0.120. The highest BCUT2D eigenvalue weighted by Gasteiger charge is 2.26. The second-order valence-corrected chi connectivity index (χ2v) is 7.50. The second kappa shape index (κ2) is 4.61. The third kappa shape index (κ3) is 1.77. The Kier molecular flexibility index (Phi) is 2.48. The van der Waals surface area contributed by atoms with Crippen LogP contribution in [0.5, 0.6) is 0 Å². The maximum absolute atomic E-state index is 2.47. The molecule has 0 heterocycles. The number of rotatable bonds is 0. The van der Waals surface area contributed by atoms with Gasteiger partial charge in [-0.2, -0.15) is 0 Å². The largest absolute Gasteiger partial charge is 0.0616 e. The normalized spacial score (nSPS) is 13.5. The van der Waals surface area contributed by atoms with Gasteiger partial charge in [0.1, 0.15) is 0 Å². The lowest BCUT2D eigenvalue weighted by molar-refractivity contribution is 1.21. The molecule has 0 spiro atoms. The molecule has 0 amide bonds. The maximum atomic E-state index is 2.47. The first kappa shape index (κ1) is 13.4. The maximum Gasteiger partial charge on any atom is -0.00131 e. The van der Waals surface area contributed by atoms with E-state index >= 15 is 0 Å². The molecule has 118 valence electrons. The van der Waals surface area contributed by atoms with Crippen LogP contribution in [-0.2, 0) is 12.8 Å². The summed E-state index contributed by atoms with van der Waals surface area (Å²) in [7, 11) is 0. The zero-order valence-corrected chi connectivity index (χ0v) is 14.3. The van der Waals surface area contributed by atoms with E-state index in [0.29, 0.717) is 0 Å². The van der Waals surface area contributed by atoms with Crippen molar-refractivity contribution in [1.29, 1.82) is 0 Å². The van der Waals surface area contributed by atoms with Crippen LogP contribution in [0.25, 0.3) is 33.0 Å². The number of hydrogen-bond donors (Lipinski definition) is 0. The van der Waals surface area contributed by atoms with Gasteiger partial charge in [-0.3, -0.25) is 0 Å². The van der Waals surface area contributed by atoms with E-state index in [2.05, 4.69) is 73.7 Å². The van der Waals surface area contributed by atoms with Gasteiger partial charge in [0.2, 0.25) is 0 Å². The van der Waals surface area contributed by atoms with Gasteiger partial charge >= 0.3 is 0 Å². The van der Waals surface area contributed by atoms with Crippen LogP contribution in [0.1, 0.15) is 27.8 Å². The van der Waals surface area contributed by atoms with Crippen molar-refractivity contribution >= 4 is 10.8 Å². The summed E-state index contributed by atoms with van der Waals surface area (Å²) in [6.07, 6.45) is 2.15. The molecule has 0 saturated heterocycles. The molecule has 6 rings (SSSR count). The number of aryl methyl sites for hydroxylation is 1. The SMILES string of the molecule is Cc1ccc2c(c1)Cc1cc3c(cc1-2)-c1c(ccc2ccccc12)C3. The van der Waals surface area contributed by atoms with Gasteiger partial charge in [0.05, 0.1) is 0 Å². The molecule has 25 heavy (non-hydrogen) atoms. The number of fused-ring (bicyclic) bond motifs is 8. The fourth-order valence-electron chi connectivity index (χ4n) is 4.80. The first-order valence-electron chi connectivity index (χ1n) is 9.04. The molecule has 0 fully saturated rings. The molecule has 0 aliphatic heterocycles. The highest BCUT2D eigenvalue weighted by Crippen LogP contribution is 2.47.